The van der Waals surface area contributed by atoms with Crippen LogP contribution in [0.4, 0.5) is 4.39 Å². The van der Waals surface area contributed by atoms with Gasteiger partial charge < -0.3 is 23.3 Å². The van der Waals surface area contributed by atoms with E-state index < -0.39 is 5.82 Å². The molecule has 2 aromatic carbocycles. The molecule has 158 valence electrons. The molecule has 5 rings (SSSR count). The van der Waals surface area contributed by atoms with Gasteiger partial charge in [0.25, 0.3) is 5.89 Å². The second-order valence-corrected chi connectivity index (χ2v) is 7.04. The summed E-state index contributed by atoms with van der Waals surface area (Å²) in [5.41, 5.74) is 2.95. The van der Waals surface area contributed by atoms with Crippen LogP contribution >= 0.6 is 0 Å². The average molecular weight is 422 g/mol. The number of ether oxygens (including phenoxy) is 3. The molecule has 0 radical (unpaired) electrons. The van der Waals surface area contributed by atoms with Crippen LogP contribution in [0, 0.1) is 5.82 Å². The maximum absolute atomic E-state index is 14.0. The van der Waals surface area contributed by atoms with E-state index in [-0.39, 0.29) is 23.6 Å². The van der Waals surface area contributed by atoms with E-state index in [1.165, 1.54) is 19.2 Å². The van der Waals surface area contributed by atoms with Crippen LogP contribution in [0.5, 0.6) is 11.5 Å². The fourth-order valence-electron chi connectivity index (χ4n) is 3.57. The highest BCUT2D eigenvalue weighted by Crippen LogP contribution is 2.32. The standard InChI is InChI=1S/C22H19FN4O4/c1-28-15-6-3-13(4-7-15)19-10-27-12-24-20(17(27)11-30-19)22-25-21(26-31-22)14-5-8-18(29-2)16(23)9-14/h3-9,12,19H,10-11H2,1-2H3/t19-/m0/s1. The normalized spacial score (nSPS) is 15.5. The molecule has 8 nitrogen and oxygen atoms in total. The lowest BCUT2D eigenvalue weighted by Crippen LogP contribution is -2.20. The molecular formula is C22H19FN4O4. The molecule has 1 atom stereocenters. The molecule has 0 aliphatic carbocycles. The van der Waals surface area contributed by atoms with Crippen molar-refractivity contribution in [1.82, 2.24) is 19.7 Å². The van der Waals surface area contributed by atoms with Gasteiger partial charge in [-0.25, -0.2) is 9.37 Å². The number of halogens is 1. The number of rotatable bonds is 5. The zero-order valence-electron chi connectivity index (χ0n) is 16.9. The van der Waals surface area contributed by atoms with Crippen LogP contribution in [0.2, 0.25) is 0 Å². The Morgan fingerprint density at radius 2 is 1.94 bits per heavy atom. The van der Waals surface area contributed by atoms with Crippen molar-refractivity contribution in [1.29, 1.82) is 0 Å². The third-order valence-electron chi connectivity index (χ3n) is 5.26. The number of hydrogen-bond donors (Lipinski definition) is 0. The first kappa shape index (κ1) is 19.3. The first-order chi connectivity index (χ1) is 15.2. The molecule has 0 N–H and O–H groups in total. The summed E-state index contributed by atoms with van der Waals surface area (Å²) in [6, 6.07) is 12.3. The smallest absolute Gasteiger partial charge is 0.278 e. The zero-order valence-corrected chi connectivity index (χ0v) is 16.9. The van der Waals surface area contributed by atoms with Crippen LogP contribution in [0.25, 0.3) is 23.0 Å². The molecule has 9 heteroatoms. The molecular weight excluding hydrogens is 403 g/mol. The Kier molecular flexibility index (Phi) is 4.87. The van der Waals surface area contributed by atoms with E-state index in [1.54, 1.807) is 19.5 Å². The molecule has 0 saturated heterocycles. The van der Waals surface area contributed by atoms with E-state index in [9.17, 15) is 4.39 Å². The molecule has 4 aromatic rings. The van der Waals surface area contributed by atoms with Crippen LogP contribution < -0.4 is 9.47 Å². The summed E-state index contributed by atoms with van der Waals surface area (Å²) in [7, 11) is 3.05. The number of hydrogen-bond acceptors (Lipinski definition) is 7. The maximum Gasteiger partial charge on any atom is 0.278 e. The SMILES string of the molecule is COc1ccc([C@@H]2Cn3cnc(-c4nc(-c5ccc(OC)c(F)c5)no4)c3CO2)cc1. The number of fused-ring (bicyclic) bond motifs is 1. The van der Waals surface area contributed by atoms with Gasteiger partial charge in [0.1, 0.15) is 11.9 Å². The van der Waals surface area contributed by atoms with Crippen molar-refractivity contribution in [3.05, 3.63) is 65.9 Å². The molecule has 2 aromatic heterocycles. The summed E-state index contributed by atoms with van der Waals surface area (Å²) in [4.78, 5) is 8.84. The first-order valence-corrected chi connectivity index (χ1v) is 9.64. The fraction of sp³-hybridized carbons (Fsp3) is 0.227. The predicted octanol–water partition coefficient (Wildman–Crippen LogP) is 4.03. The van der Waals surface area contributed by atoms with E-state index in [1.807, 2.05) is 28.8 Å². The number of imidazole rings is 1. The molecule has 0 fully saturated rings. The Morgan fingerprint density at radius 3 is 2.68 bits per heavy atom. The van der Waals surface area contributed by atoms with Crippen LogP contribution in [0.15, 0.2) is 53.3 Å². The molecule has 3 heterocycles. The summed E-state index contributed by atoms with van der Waals surface area (Å²) in [5.74, 6) is 0.981. The molecule has 0 amide bonds. The topological polar surface area (TPSA) is 84.4 Å². The Balaban J connectivity index is 1.38. The van der Waals surface area contributed by atoms with Crippen LogP contribution in [0.3, 0.4) is 0 Å². The molecule has 0 saturated carbocycles. The monoisotopic (exact) mass is 422 g/mol. The number of benzene rings is 2. The molecule has 0 bridgehead atoms. The van der Waals surface area contributed by atoms with Gasteiger partial charge in [-0.05, 0) is 35.9 Å². The second-order valence-electron chi connectivity index (χ2n) is 7.04. The lowest BCUT2D eigenvalue weighted by molar-refractivity contribution is 0.00328. The summed E-state index contributed by atoms with van der Waals surface area (Å²) < 4.78 is 37.6. The van der Waals surface area contributed by atoms with Gasteiger partial charge in [-0.1, -0.05) is 17.3 Å². The largest absolute Gasteiger partial charge is 0.497 e. The highest BCUT2D eigenvalue weighted by molar-refractivity contribution is 5.60. The maximum atomic E-state index is 14.0. The zero-order chi connectivity index (χ0) is 21.4. The number of aromatic nitrogens is 4. The fourth-order valence-corrected chi connectivity index (χ4v) is 3.57. The van der Waals surface area contributed by atoms with Gasteiger partial charge in [0.05, 0.1) is 39.4 Å². The van der Waals surface area contributed by atoms with Crippen molar-refractivity contribution >= 4 is 0 Å². The van der Waals surface area contributed by atoms with Gasteiger partial charge in [-0.2, -0.15) is 4.98 Å². The molecule has 1 aliphatic rings. The third-order valence-corrected chi connectivity index (χ3v) is 5.26. The van der Waals surface area contributed by atoms with Gasteiger partial charge in [-0.3, -0.25) is 0 Å². The first-order valence-electron chi connectivity index (χ1n) is 9.64. The summed E-state index contributed by atoms with van der Waals surface area (Å²) >= 11 is 0. The second kappa shape index (κ2) is 7.84. The van der Waals surface area contributed by atoms with Gasteiger partial charge in [0, 0.05) is 5.56 Å². The molecule has 31 heavy (non-hydrogen) atoms. The van der Waals surface area contributed by atoms with E-state index in [0.29, 0.717) is 24.4 Å². The molecule has 1 aliphatic heterocycles. The van der Waals surface area contributed by atoms with E-state index in [0.717, 1.165) is 17.0 Å². The van der Waals surface area contributed by atoms with Crippen LogP contribution in [0.1, 0.15) is 17.4 Å². The minimum Gasteiger partial charge on any atom is -0.497 e. The Bertz CT molecular complexity index is 1220. The number of nitrogens with zero attached hydrogens (tertiary/aromatic N) is 4. The Hall–Kier alpha value is -3.72. The van der Waals surface area contributed by atoms with Crippen molar-refractivity contribution < 1.29 is 23.1 Å². The average Bonchev–Trinajstić information content (AvgIpc) is 3.46. The molecule has 0 unspecified atom stereocenters. The van der Waals surface area contributed by atoms with Crippen molar-refractivity contribution in [2.45, 2.75) is 19.3 Å². The highest BCUT2D eigenvalue weighted by atomic mass is 19.1. The third kappa shape index (κ3) is 3.53. The predicted molar refractivity (Wildman–Crippen MR) is 108 cm³/mol. The van der Waals surface area contributed by atoms with Gasteiger partial charge >= 0.3 is 0 Å². The van der Waals surface area contributed by atoms with Crippen LogP contribution in [-0.4, -0.2) is 33.9 Å². The van der Waals surface area contributed by atoms with Gasteiger partial charge in [-0.15, -0.1) is 0 Å². The summed E-state index contributed by atoms with van der Waals surface area (Å²) in [5, 5.41) is 3.97. The van der Waals surface area contributed by atoms with Gasteiger partial charge in [0.15, 0.2) is 17.3 Å². The lowest BCUT2D eigenvalue weighted by Gasteiger charge is -2.25. The van der Waals surface area contributed by atoms with E-state index >= 15 is 0 Å². The van der Waals surface area contributed by atoms with Crippen LogP contribution in [-0.2, 0) is 17.9 Å². The quantitative estimate of drug-likeness (QED) is 0.480. The molecule has 0 spiro atoms. The minimum absolute atomic E-state index is 0.0963. The Morgan fingerprint density at radius 1 is 1.10 bits per heavy atom. The lowest BCUT2D eigenvalue weighted by atomic mass is 10.1. The van der Waals surface area contributed by atoms with Crippen molar-refractivity contribution in [3.8, 4) is 34.5 Å². The number of methoxy groups -OCH3 is 2. The van der Waals surface area contributed by atoms with Crippen molar-refractivity contribution in [2.24, 2.45) is 0 Å². The highest BCUT2D eigenvalue weighted by Gasteiger charge is 2.26. The van der Waals surface area contributed by atoms with E-state index in [4.69, 9.17) is 18.7 Å². The Labute approximate surface area is 177 Å². The summed E-state index contributed by atoms with van der Waals surface area (Å²) in [6.07, 6.45) is 1.64. The van der Waals surface area contributed by atoms with Crippen molar-refractivity contribution in [2.75, 3.05) is 14.2 Å². The van der Waals surface area contributed by atoms with E-state index in [2.05, 4.69) is 15.1 Å². The minimum atomic E-state index is -0.497. The van der Waals surface area contributed by atoms with Gasteiger partial charge in [0.2, 0.25) is 5.82 Å². The van der Waals surface area contributed by atoms with Crippen molar-refractivity contribution in [3.63, 3.8) is 0 Å². The summed E-state index contributed by atoms with van der Waals surface area (Å²) in [6.45, 7) is 0.959.